The number of hydrogen-bond acceptors (Lipinski definition) is 3. The summed E-state index contributed by atoms with van der Waals surface area (Å²) in [6.07, 6.45) is 2.85. The minimum Gasteiger partial charge on any atom is -0.425 e. The second kappa shape index (κ2) is 5.14. The van der Waals surface area contributed by atoms with Crippen LogP contribution in [0.5, 0.6) is 0 Å². The minimum absolute atomic E-state index is 0.358. The van der Waals surface area contributed by atoms with E-state index in [9.17, 15) is 10.0 Å². The van der Waals surface area contributed by atoms with Crippen molar-refractivity contribution in [2.24, 2.45) is 11.8 Å². The highest BCUT2D eigenvalue weighted by molar-refractivity contribution is 5.05. The van der Waals surface area contributed by atoms with E-state index in [4.69, 9.17) is 0 Å². The average molecular weight is 224 g/mol. The van der Waals surface area contributed by atoms with Gasteiger partial charge in [-0.25, -0.2) is 0 Å². The van der Waals surface area contributed by atoms with Crippen LogP contribution in [0.25, 0.3) is 0 Å². The van der Waals surface area contributed by atoms with E-state index in [1.807, 2.05) is 27.7 Å². The van der Waals surface area contributed by atoms with E-state index in [-0.39, 0.29) is 5.56 Å². The summed E-state index contributed by atoms with van der Waals surface area (Å²) in [7, 11) is 0. The SMILES string of the molecule is CC(C)Cc1ncc(CC(C)C)n(O)c1=O. The summed E-state index contributed by atoms with van der Waals surface area (Å²) in [5.74, 6) is 0.742. The summed E-state index contributed by atoms with van der Waals surface area (Å²) in [5.41, 5.74) is 0.629. The van der Waals surface area contributed by atoms with Crippen molar-refractivity contribution in [1.82, 2.24) is 9.71 Å². The van der Waals surface area contributed by atoms with E-state index >= 15 is 0 Å². The highest BCUT2D eigenvalue weighted by atomic mass is 16.5. The molecule has 0 atom stereocenters. The Morgan fingerprint density at radius 3 is 2.31 bits per heavy atom. The first-order valence-corrected chi connectivity index (χ1v) is 5.70. The van der Waals surface area contributed by atoms with Gasteiger partial charge in [0.05, 0.1) is 11.9 Å². The summed E-state index contributed by atoms with van der Waals surface area (Å²) in [6, 6.07) is 0. The Morgan fingerprint density at radius 2 is 1.81 bits per heavy atom. The van der Waals surface area contributed by atoms with Crippen molar-refractivity contribution in [3.63, 3.8) is 0 Å². The maximum atomic E-state index is 11.8. The second-order valence-corrected chi connectivity index (χ2v) is 5.01. The van der Waals surface area contributed by atoms with Crippen molar-refractivity contribution in [3.8, 4) is 0 Å². The van der Waals surface area contributed by atoms with E-state index in [0.717, 1.165) is 4.73 Å². The van der Waals surface area contributed by atoms with Crippen molar-refractivity contribution < 1.29 is 5.21 Å². The van der Waals surface area contributed by atoms with Gasteiger partial charge in [0.15, 0.2) is 0 Å². The van der Waals surface area contributed by atoms with E-state index < -0.39 is 0 Å². The summed E-state index contributed by atoms with van der Waals surface area (Å²) >= 11 is 0. The third kappa shape index (κ3) is 3.08. The number of nitrogens with zero attached hydrogens (tertiary/aromatic N) is 2. The first-order chi connectivity index (χ1) is 7.41. The van der Waals surface area contributed by atoms with Crippen molar-refractivity contribution in [1.29, 1.82) is 0 Å². The molecule has 0 saturated heterocycles. The lowest BCUT2D eigenvalue weighted by Crippen LogP contribution is -2.27. The molecule has 4 heteroatoms. The topological polar surface area (TPSA) is 55.1 Å². The average Bonchev–Trinajstić information content (AvgIpc) is 2.16. The van der Waals surface area contributed by atoms with Crippen LogP contribution in [0, 0.1) is 11.8 Å². The van der Waals surface area contributed by atoms with Gasteiger partial charge in [-0.15, -0.1) is 4.73 Å². The Labute approximate surface area is 95.9 Å². The van der Waals surface area contributed by atoms with Crippen LogP contribution >= 0.6 is 0 Å². The molecule has 16 heavy (non-hydrogen) atoms. The zero-order valence-electron chi connectivity index (χ0n) is 10.4. The monoisotopic (exact) mass is 224 g/mol. The van der Waals surface area contributed by atoms with Gasteiger partial charge in [0.1, 0.15) is 5.69 Å². The van der Waals surface area contributed by atoms with Crippen LogP contribution < -0.4 is 5.56 Å². The fourth-order valence-electron chi connectivity index (χ4n) is 1.60. The number of hydrogen-bond donors (Lipinski definition) is 1. The molecule has 1 aromatic heterocycles. The Bertz CT molecular complexity index is 408. The molecule has 0 aromatic carbocycles. The van der Waals surface area contributed by atoms with Crippen LogP contribution in [-0.4, -0.2) is 14.9 Å². The summed E-state index contributed by atoms with van der Waals surface area (Å²) in [4.78, 5) is 15.9. The van der Waals surface area contributed by atoms with Gasteiger partial charge in [-0.2, -0.15) is 0 Å². The molecular formula is C12H20N2O2. The van der Waals surface area contributed by atoms with E-state index in [1.54, 1.807) is 6.20 Å². The highest BCUT2D eigenvalue weighted by Gasteiger charge is 2.11. The third-order valence-corrected chi connectivity index (χ3v) is 2.30. The fraction of sp³-hybridized carbons (Fsp3) is 0.667. The first-order valence-electron chi connectivity index (χ1n) is 5.70. The molecule has 0 amide bonds. The molecule has 4 nitrogen and oxygen atoms in total. The van der Waals surface area contributed by atoms with Crippen LogP contribution in [-0.2, 0) is 12.8 Å². The molecule has 0 spiro atoms. The van der Waals surface area contributed by atoms with Gasteiger partial charge >= 0.3 is 5.56 Å². The molecule has 0 aliphatic rings. The molecule has 0 unspecified atom stereocenters. The standard InChI is InChI=1S/C12H20N2O2/c1-8(2)5-10-7-13-11(6-9(3)4)12(15)14(10)16/h7-9,16H,5-6H2,1-4H3. The quantitative estimate of drug-likeness (QED) is 0.794. The van der Waals surface area contributed by atoms with Crippen molar-refractivity contribution in [2.75, 3.05) is 0 Å². The molecule has 0 aliphatic heterocycles. The first kappa shape index (κ1) is 12.7. The number of aromatic nitrogens is 2. The van der Waals surface area contributed by atoms with E-state index in [1.165, 1.54) is 0 Å². The Morgan fingerprint density at radius 1 is 1.25 bits per heavy atom. The van der Waals surface area contributed by atoms with Crippen LogP contribution in [0.1, 0.15) is 39.1 Å². The van der Waals surface area contributed by atoms with Gasteiger partial charge in [-0.05, 0) is 24.7 Å². The molecule has 1 rings (SSSR count). The maximum Gasteiger partial charge on any atom is 0.304 e. The maximum absolute atomic E-state index is 11.8. The number of rotatable bonds is 4. The summed E-state index contributed by atoms with van der Waals surface area (Å²) in [6.45, 7) is 8.11. The molecule has 0 radical (unpaired) electrons. The van der Waals surface area contributed by atoms with Crippen LogP contribution in [0.3, 0.4) is 0 Å². The molecule has 1 heterocycles. The lowest BCUT2D eigenvalue weighted by molar-refractivity contribution is 0.160. The van der Waals surface area contributed by atoms with Crippen molar-refractivity contribution in [2.45, 2.75) is 40.5 Å². The molecule has 1 N–H and O–H groups in total. The van der Waals surface area contributed by atoms with Crippen LogP contribution in [0.2, 0.25) is 0 Å². The molecular weight excluding hydrogens is 204 g/mol. The van der Waals surface area contributed by atoms with Gasteiger partial charge in [0.2, 0.25) is 0 Å². The largest absolute Gasteiger partial charge is 0.425 e. The van der Waals surface area contributed by atoms with Crippen LogP contribution in [0.15, 0.2) is 11.0 Å². The predicted molar refractivity (Wildman–Crippen MR) is 62.8 cm³/mol. The molecule has 0 fully saturated rings. The highest BCUT2D eigenvalue weighted by Crippen LogP contribution is 2.06. The Kier molecular flexibility index (Phi) is 4.10. The van der Waals surface area contributed by atoms with Crippen molar-refractivity contribution >= 4 is 0 Å². The second-order valence-electron chi connectivity index (χ2n) is 5.01. The smallest absolute Gasteiger partial charge is 0.304 e. The third-order valence-electron chi connectivity index (χ3n) is 2.30. The normalized spacial score (nSPS) is 11.4. The van der Waals surface area contributed by atoms with Gasteiger partial charge < -0.3 is 5.21 Å². The van der Waals surface area contributed by atoms with Gasteiger partial charge in [-0.3, -0.25) is 9.78 Å². The van der Waals surface area contributed by atoms with E-state index in [2.05, 4.69) is 4.98 Å². The van der Waals surface area contributed by atoms with Crippen LogP contribution in [0.4, 0.5) is 0 Å². The molecule has 0 bridgehead atoms. The Balaban J connectivity index is 3.04. The van der Waals surface area contributed by atoms with Gasteiger partial charge in [0, 0.05) is 0 Å². The van der Waals surface area contributed by atoms with Gasteiger partial charge in [0.25, 0.3) is 0 Å². The zero-order chi connectivity index (χ0) is 12.3. The van der Waals surface area contributed by atoms with Crippen molar-refractivity contribution in [3.05, 3.63) is 27.9 Å². The molecule has 90 valence electrons. The van der Waals surface area contributed by atoms with E-state index in [0.29, 0.717) is 36.1 Å². The summed E-state index contributed by atoms with van der Waals surface area (Å²) < 4.78 is 0.741. The zero-order valence-corrected chi connectivity index (χ0v) is 10.4. The predicted octanol–water partition coefficient (Wildman–Crippen LogP) is 1.88. The summed E-state index contributed by atoms with van der Waals surface area (Å²) in [5, 5.41) is 9.70. The molecule has 1 aromatic rings. The lowest BCUT2D eigenvalue weighted by atomic mass is 10.1. The van der Waals surface area contributed by atoms with Gasteiger partial charge in [-0.1, -0.05) is 27.7 Å². The minimum atomic E-state index is -0.383. The molecule has 0 aliphatic carbocycles. The fourth-order valence-corrected chi connectivity index (χ4v) is 1.60. The molecule has 0 saturated carbocycles. The lowest BCUT2D eigenvalue weighted by Gasteiger charge is -2.10. The Hall–Kier alpha value is -1.32.